The highest BCUT2D eigenvalue weighted by atomic mass is 19.4. The quantitative estimate of drug-likeness (QED) is 0.298. The van der Waals surface area contributed by atoms with Gasteiger partial charge in [0, 0.05) is 23.2 Å². The van der Waals surface area contributed by atoms with Crippen LogP contribution < -0.4 is 10.1 Å². The van der Waals surface area contributed by atoms with Crippen molar-refractivity contribution in [1.82, 2.24) is 9.88 Å². The first kappa shape index (κ1) is 23.3. The lowest BCUT2D eigenvalue weighted by atomic mass is 10.0. The predicted molar refractivity (Wildman–Crippen MR) is 137 cm³/mol. The highest BCUT2D eigenvalue weighted by Gasteiger charge is 2.30. The summed E-state index contributed by atoms with van der Waals surface area (Å²) in [4.78, 5) is 13.8. The number of carbonyl (C=O) groups is 1. The fourth-order valence-electron chi connectivity index (χ4n) is 5.05. The molecule has 186 valence electrons. The van der Waals surface area contributed by atoms with E-state index < -0.39 is 11.7 Å². The van der Waals surface area contributed by atoms with E-state index in [-0.39, 0.29) is 12.5 Å². The maximum absolute atomic E-state index is 13.8. The number of nitrogens with one attached hydrogen (secondary N) is 1. The van der Waals surface area contributed by atoms with Gasteiger partial charge in [0.25, 0.3) is 5.91 Å². The Bertz CT molecular complexity index is 1650. The molecule has 5 aromatic rings. The molecule has 2 heterocycles. The first-order chi connectivity index (χ1) is 17.9. The van der Waals surface area contributed by atoms with Crippen molar-refractivity contribution in [3.63, 3.8) is 0 Å². The Morgan fingerprint density at radius 1 is 0.919 bits per heavy atom. The van der Waals surface area contributed by atoms with E-state index >= 15 is 0 Å². The zero-order valence-electron chi connectivity index (χ0n) is 19.8. The Hall–Kier alpha value is -4.10. The van der Waals surface area contributed by atoms with Gasteiger partial charge in [0.15, 0.2) is 0 Å². The molecule has 0 fully saturated rings. The minimum absolute atomic E-state index is 0.00982. The van der Waals surface area contributed by atoms with Crippen LogP contribution in [-0.4, -0.2) is 17.0 Å². The molecule has 0 saturated carbocycles. The van der Waals surface area contributed by atoms with E-state index in [1.807, 2.05) is 54.6 Å². The van der Waals surface area contributed by atoms with Crippen LogP contribution in [0.1, 0.15) is 32.7 Å². The molecule has 0 amide bonds. The zero-order valence-corrected chi connectivity index (χ0v) is 19.8. The fraction of sp³-hybridized carbons (Fsp3) is 0.167. The van der Waals surface area contributed by atoms with E-state index in [0.717, 1.165) is 58.0 Å². The summed E-state index contributed by atoms with van der Waals surface area (Å²) in [6, 6.07) is 24.3. The number of hydrogen-bond acceptors (Lipinski definition) is 3. The number of aromatic nitrogens is 1. The SMILES string of the molecule is O=C(c1ccc2ccccc2c1)n1c2c(c3cc(OCc4cccc(C(F)(F)F)c4)ccc31)CCNC2. The number of rotatable bonds is 4. The van der Waals surface area contributed by atoms with Gasteiger partial charge >= 0.3 is 6.18 Å². The summed E-state index contributed by atoms with van der Waals surface area (Å²) in [7, 11) is 0. The molecular formula is C30H23F3N2O2. The number of halogens is 3. The smallest absolute Gasteiger partial charge is 0.416 e. The van der Waals surface area contributed by atoms with Gasteiger partial charge in [-0.2, -0.15) is 13.2 Å². The van der Waals surface area contributed by atoms with Gasteiger partial charge in [-0.25, -0.2) is 0 Å². The van der Waals surface area contributed by atoms with E-state index in [9.17, 15) is 18.0 Å². The molecule has 0 atom stereocenters. The molecule has 0 spiro atoms. The molecule has 0 unspecified atom stereocenters. The van der Waals surface area contributed by atoms with Crippen LogP contribution in [-0.2, 0) is 25.7 Å². The summed E-state index contributed by atoms with van der Waals surface area (Å²) in [5.41, 5.74) is 3.15. The van der Waals surface area contributed by atoms with Crippen LogP contribution in [0.3, 0.4) is 0 Å². The van der Waals surface area contributed by atoms with E-state index in [1.165, 1.54) is 6.07 Å². The fourth-order valence-corrected chi connectivity index (χ4v) is 5.05. The molecule has 6 rings (SSSR count). The highest BCUT2D eigenvalue weighted by Crippen LogP contribution is 2.33. The Labute approximate surface area is 211 Å². The standard InChI is InChI=1S/C30H23F3N2O2/c31-30(32,33)23-7-3-4-19(14-23)18-37-24-10-11-27-26(16-24)25-12-13-34-17-28(25)35(27)29(36)22-9-8-20-5-1-2-6-21(20)15-22/h1-11,14-16,34H,12-13,17-18H2. The van der Waals surface area contributed by atoms with Gasteiger partial charge in [-0.3, -0.25) is 9.36 Å². The lowest BCUT2D eigenvalue weighted by Gasteiger charge is -2.16. The summed E-state index contributed by atoms with van der Waals surface area (Å²) in [6.45, 7) is 1.38. The number of benzene rings is 4. The van der Waals surface area contributed by atoms with Crippen molar-refractivity contribution in [3.05, 3.63) is 113 Å². The molecule has 1 aliphatic rings. The molecular weight excluding hydrogens is 477 g/mol. The Morgan fingerprint density at radius 3 is 2.59 bits per heavy atom. The van der Waals surface area contributed by atoms with Crippen LogP contribution >= 0.6 is 0 Å². The molecule has 1 N–H and O–H groups in total. The molecule has 0 saturated heterocycles. The number of fused-ring (bicyclic) bond motifs is 4. The second-order valence-corrected chi connectivity index (χ2v) is 9.22. The average molecular weight is 501 g/mol. The molecule has 7 heteroatoms. The molecule has 4 aromatic carbocycles. The first-order valence-electron chi connectivity index (χ1n) is 12.1. The minimum atomic E-state index is -4.40. The maximum Gasteiger partial charge on any atom is 0.416 e. The third kappa shape index (κ3) is 4.36. The number of hydrogen-bond donors (Lipinski definition) is 1. The van der Waals surface area contributed by atoms with Crippen molar-refractivity contribution in [2.45, 2.75) is 25.7 Å². The Balaban J connectivity index is 1.35. The van der Waals surface area contributed by atoms with E-state index in [0.29, 0.717) is 23.4 Å². The van der Waals surface area contributed by atoms with Gasteiger partial charge in [0.05, 0.1) is 11.1 Å². The molecule has 1 aliphatic heterocycles. The molecule has 4 nitrogen and oxygen atoms in total. The number of ether oxygens (including phenoxy) is 1. The van der Waals surface area contributed by atoms with Crippen molar-refractivity contribution in [2.75, 3.05) is 6.54 Å². The van der Waals surface area contributed by atoms with Crippen LogP contribution in [0.15, 0.2) is 84.9 Å². The van der Waals surface area contributed by atoms with Crippen molar-refractivity contribution in [1.29, 1.82) is 0 Å². The minimum Gasteiger partial charge on any atom is -0.489 e. The molecule has 1 aromatic heterocycles. The third-order valence-electron chi connectivity index (χ3n) is 6.86. The van der Waals surface area contributed by atoms with Crippen LogP contribution in [0.25, 0.3) is 21.7 Å². The van der Waals surface area contributed by atoms with Gasteiger partial charge in [-0.15, -0.1) is 0 Å². The highest BCUT2D eigenvalue weighted by molar-refractivity contribution is 6.06. The summed E-state index contributed by atoms with van der Waals surface area (Å²) in [5.74, 6) is 0.444. The Morgan fingerprint density at radius 2 is 1.76 bits per heavy atom. The first-order valence-corrected chi connectivity index (χ1v) is 12.1. The summed E-state index contributed by atoms with van der Waals surface area (Å²) in [6.07, 6.45) is -3.64. The van der Waals surface area contributed by atoms with Crippen LogP contribution in [0.4, 0.5) is 13.2 Å². The zero-order chi connectivity index (χ0) is 25.6. The van der Waals surface area contributed by atoms with Crippen molar-refractivity contribution >= 4 is 27.6 Å². The van der Waals surface area contributed by atoms with Gasteiger partial charge in [-0.05, 0) is 77.3 Å². The number of nitrogens with zero attached hydrogens (tertiary/aromatic N) is 1. The molecule has 0 bridgehead atoms. The number of carbonyl (C=O) groups excluding carboxylic acids is 1. The summed E-state index contributed by atoms with van der Waals surface area (Å²) >= 11 is 0. The van der Waals surface area contributed by atoms with E-state index in [4.69, 9.17) is 4.74 Å². The van der Waals surface area contributed by atoms with E-state index in [2.05, 4.69) is 5.32 Å². The largest absolute Gasteiger partial charge is 0.489 e. The van der Waals surface area contributed by atoms with Gasteiger partial charge in [-0.1, -0.05) is 42.5 Å². The topological polar surface area (TPSA) is 43.3 Å². The summed E-state index contributed by atoms with van der Waals surface area (Å²) < 4.78 is 46.8. The third-order valence-corrected chi connectivity index (χ3v) is 6.86. The molecule has 0 radical (unpaired) electrons. The maximum atomic E-state index is 13.8. The van der Waals surface area contributed by atoms with Gasteiger partial charge in [0.1, 0.15) is 12.4 Å². The van der Waals surface area contributed by atoms with Crippen molar-refractivity contribution in [3.8, 4) is 5.75 Å². The average Bonchev–Trinajstić information content (AvgIpc) is 3.24. The second kappa shape index (κ2) is 9.09. The number of alkyl halides is 3. The van der Waals surface area contributed by atoms with Crippen molar-refractivity contribution < 1.29 is 22.7 Å². The monoisotopic (exact) mass is 500 g/mol. The van der Waals surface area contributed by atoms with Gasteiger partial charge in [0.2, 0.25) is 0 Å². The lowest BCUT2D eigenvalue weighted by Crippen LogP contribution is -2.27. The van der Waals surface area contributed by atoms with Crippen LogP contribution in [0.2, 0.25) is 0 Å². The van der Waals surface area contributed by atoms with Crippen LogP contribution in [0.5, 0.6) is 5.75 Å². The predicted octanol–water partition coefficient (Wildman–Crippen LogP) is 6.73. The van der Waals surface area contributed by atoms with Crippen molar-refractivity contribution in [2.24, 2.45) is 0 Å². The van der Waals surface area contributed by atoms with Gasteiger partial charge < -0.3 is 10.1 Å². The normalized spacial score (nSPS) is 13.6. The summed E-state index contributed by atoms with van der Waals surface area (Å²) in [5, 5.41) is 6.36. The Kier molecular flexibility index (Phi) is 5.72. The molecule has 37 heavy (non-hydrogen) atoms. The molecule has 0 aliphatic carbocycles. The van der Waals surface area contributed by atoms with E-state index in [1.54, 1.807) is 16.7 Å². The second-order valence-electron chi connectivity index (χ2n) is 9.22. The van der Waals surface area contributed by atoms with Crippen LogP contribution in [0, 0.1) is 0 Å². The lowest BCUT2D eigenvalue weighted by molar-refractivity contribution is -0.137.